The van der Waals surface area contributed by atoms with Gasteiger partial charge in [-0.1, -0.05) is 0 Å². The lowest BCUT2D eigenvalue weighted by atomic mass is 10.3. The Bertz CT molecular complexity index is 174. The van der Waals surface area contributed by atoms with Gasteiger partial charge in [-0.15, -0.1) is 0 Å². The van der Waals surface area contributed by atoms with Gasteiger partial charge in [0.05, 0.1) is 6.61 Å². The highest BCUT2D eigenvalue weighted by Gasteiger charge is 2.28. The molecular weight excluding hydrogens is 156 g/mol. The predicted molar refractivity (Wildman–Crippen MR) is 43.8 cm³/mol. The molecule has 2 fully saturated rings. The first-order chi connectivity index (χ1) is 5.86. The highest BCUT2D eigenvalue weighted by molar-refractivity contribution is 5.81. The lowest BCUT2D eigenvalue weighted by molar-refractivity contribution is -0.134. The Kier molecular flexibility index (Phi) is 2.28. The Hall–Kier alpha value is -0.610. The van der Waals surface area contributed by atoms with Crippen molar-refractivity contribution in [1.29, 1.82) is 0 Å². The second-order valence-electron chi connectivity index (χ2n) is 3.35. The van der Waals surface area contributed by atoms with Gasteiger partial charge in [0.2, 0.25) is 0 Å². The number of hydrogen-bond donors (Lipinski definition) is 2. The molecule has 1 amide bonds. The number of hydrogen-bond acceptors (Lipinski definition) is 3. The van der Waals surface area contributed by atoms with Crippen LogP contribution in [0.15, 0.2) is 0 Å². The van der Waals surface area contributed by atoms with Gasteiger partial charge in [-0.05, 0) is 12.8 Å². The van der Waals surface area contributed by atoms with E-state index in [1.54, 1.807) is 0 Å². The summed E-state index contributed by atoms with van der Waals surface area (Å²) in [5, 5.41) is 6.04. The Balaban J connectivity index is 1.76. The van der Waals surface area contributed by atoms with E-state index in [0.717, 1.165) is 19.4 Å². The molecule has 4 nitrogen and oxygen atoms in total. The quantitative estimate of drug-likeness (QED) is 0.573. The van der Waals surface area contributed by atoms with Crippen molar-refractivity contribution < 1.29 is 9.53 Å². The van der Waals surface area contributed by atoms with E-state index in [0.29, 0.717) is 19.2 Å². The van der Waals surface area contributed by atoms with Crippen molar-refractivity contribution in [3.63, 3.8) is 0 Å². The molecular formula is C8H14N2O2. The molecule has 1 saturated heterocycles. The minimum Gasteiger partial charge on any atom is -0.366 e. The van der Waals surface area contributed by atoms with Crippen molar-refractivity contribution >= 4 is 5.91 Å². The van der Waals surface area contributed by atoms with Crippen molar-refractivity contribution in [3.05, 3.63) is 0 Å². The summed E-state index contributed by atoms with van der Waals surface area (Å²) in [6.45, 7) is 2.15. The monoisotopic (exact) mass is 170 g/mol. The summed E-state index contributed by atoms with van der Waals surface area (Å²) in [5.74, 6) is 0.0460. The van der Waals surface area contributed by atoms with Gasteiger partial charge in [0.25, 0.3) is 5.91 Å². The zero-order valence-electron chi connectivity index (χ0n) is 7.01. The number of nitrogens with one attached hydrogen (secondary N) is 2. The van der Waals surface area contributed by atoms with Gasteiger partial charge in [0, 0.05) is 19.1 Å². The van der Waals surface area contributed by atoms with Crippen LogP contribution < -0.4 is 10.6 Å². The first-order valence-corrected chi connectivity index (χ1v) is 4.49. The maximum Gasteiger partial charge on any atom is 0.250 e. The second kappa shape index (κ2) is 3.41. The molecule has 1 aliphatic carbocycles. The summed E-state index contributed by atoms with van der Waals surface area (Å²) >= 11 is 0. The van der Waals surface area contributed by atoms with Crippen LogP contribution in [-0.4, -0.2) is 37.7 Å². The molecule has 0 radical (unpaired) electrons. The molecule has 0 aromatic rings. The molecule has 1 atom stereocenters. The average Bonchev–Trinajstić information content (AvgIpc) is 2.90. The van der Waals surface area contributed by atoms with Gasteiger partial charge in [-0.25, -0.2) is 0 Å². The third-order valence-corrected chi connectivity index (χ3v) is 2.14. The summed E-state index contributed by atoms with van der Waals surface area (Å²) < 4.78 is 5.29. The molecule has 4 heteroatoms. The number of amides is 1. The van der Waals surface area contributed by atoms with E-state index in [1.807, 2.05) is 0 Å². The first-order valence-electron chi connectivity index (χ1n) is 4.49. The van der Waals surface area contributed by atoms with Crippen LogP contribution >= 0.6 is 0 Å². The van der Waals surface area contributed by atoms with Crippen molar-refractivity contribution in [2.24, 2.45) is 0 Å². The molecule has 0 aromatic heterocycles. The van der Waals surface area contributed by atoms with E-state index >= 15 is 0 Å². The van der Waals surface area contributed by atoms with Crippen LogP contribution in [0.2, 0.25) is 0 Å². The smallest absolute Gasteiger partial charge is 0.250 e. The fourth-order valence-electron chi connectivity index (χ4n) is 1.26. The van der Waals surface area contributed by atoms with Crippen LogP contribution in [0.4, 0.5) is 0 Å². The van der Waals surface area contributed by atoms with E-state index < -0.39 is 0 Å². The number of rotatable bonds is 2. The Morgan fingerprint density at radius 3 is 2.92 bits per heavy atom. The summed E-state index contributed by atoms with van der Waals surface area (Å²) in [7, 11) is 0. The number of carbonyl (C=O) groups excluding carboxylic acids is 1. The van der Waals surface area contributed by atoms with Crippen LogP contribution in [0.5, 0.6) is 0 Å². The van der Waals surface area contributed by atoms with E-state index in [4.69, 9.17) is 4.74 Å². The fraction of sp³-hybridized carbons (Fsp3) is 0.875. The third-order valence-electron chi connectivity index (χ3n) is 2.14. The van der Waals surface area contributed by atoms with Crippen LogP contribution in [0, 0.1) is 0 Å². The molecule has 2 N–H and O–H groups in total. The van der Waals surface area contributed by atoms with Crippen LogP contribution in [0.3, 0.4) is 0 Å². The SMILES string of the molecule is O=C(NC1CC1)[C@@H]1CNCCO1. The minimum absolute atomic E-state index is 0.0460. The number of ether oxygens (including phenoxy) is 1. The van der Waals surface area contributed by atoms with E-state index in [9.17, 15) is 4.79 Å². The summed E-state index contributed by atoms with van der Waals surface area (Å²) in [4.78, 5) is 11.4. The molecule has 0 aromatic carbocycles. The Morgan fingerprint density at radius 2 is 2.33 bits per heavy atom. The molecule has 1 saturated carbocycles. The highest BCUT2D eigenvalue weighted by Crippen LogP contribution is 2.18. The van der Waals surface area contributed by atoms with Crippen molar-refractivity contribution in [1.82, 2.24) is 10.6 Å². The largest absolute Gasteiger partial charge is 0.366 e. The van der Waals surface area contributed by atoms with Gasteiger partial charge in [-0.3, -0.25) is 4.79 Å². The van der Waals surface area contributed by atoms with Crippen LogP contribution in [0.1, 0.15) is 12.8 Å². The molecule has 68 valence electrons. The number of morpholine rings is 1. The number of carbonyl (C=O) groups is 1. The molecule has 12 heavy (non-hydrogen) atoms. The Labute approximate surface area is 71.7 Å². The van der Waals surface area contributed by atoms with Crippen LogP contribution in [-0.2, 0) is 9.53 Å². The van der Waals surface area contributed by atoms with Gasteiger partial charge in [-0.2, -0.15) is 0 Å². The van der Waals surface area contributed by atoms with Gasteiger partial charge < -0.3 is 15.4 Å². The van der Waals surface area contributed by atoms with E-state index in [2.05, 4.69) is 10.6 Å². The molecule has 1 heterocycles. The zero-order valence-corrected chi connectivity index (χ0v) is 7.01. The molecule has 2 aliphatic rings. The minimum atomic E-state index is -0.264. The molecule has 2 rings (SSSR count). The maximum atomic E-state index is 11.4. The van der Waals surface area contributed by atoms with E-state index in [-0.39, 0.29) is 12.0 Å². The highest BCUT2D eigenvalue weighted by atomic mass is 16.5. The molecule has 0 bridgehead atoms. The lowest BCUT2D eigenvalue weighted by Gasteiger charge is -2.22. The Morgan fingerprint density at radius 1 is 1.50 bits per heavy atom. The normalized spacial score (nSPS) is 29.8. The van der Waals surface area contributed by atoms with Gasteiger partial charge in [0.1, 0.15) is 6.10 Å². The molecule has 0 unspecified atom stereocenters. The van der Waals surface area contributed by atoms with Crippen molar-refractivity contribution in [2.75, 3.05) is 19.7 Å². The topological polar surface area (TPSA) is 50.4 Å². The predicted octanol–water partition coefficient (Wildman–Crippen LogP) is -0.747. The summed E-state index contributed by atoms with van der Waals surface area (Å²) in [6.07, 6.45) is 2.00. The zero-order chi connectivity index (χ0) is 8.39. The fourth-order valence-corrected chi connectivity index (χ4v) is 1.26. The van der Waals surface area contributed by atoms with Crippen molar-refractivity contribution in [3.8, 4) is 0 Å². The lowest BCUT2D eigenvalue weighted by Crippen LogP contribution is -2.48. The maximum absolute atomic E-state index is 11.4. The second-order valence-corrected chi connectivity index (χ2v) is 3.35. The summed E-state index contributed by atoms with van der Waals surface area (Å²) in [6, 6.07) is 0.433. The summed E-state index contributed by atoms with van der Waals surface area (Å²) in [5.41, 5.74) is 0. The average molecular weight is 170 g/mol. The third kappa shape index (κ3) is 1.95. The standard InChI is InChI=1S/C8H14N2O2/c11-8(10-6-1-2-6)7-5-9-3-4-12-7/h6-7,9H,1-5H2,(H,10,11)/t7-/m0/s1. The molecule has 0 spiro atoms. The van der Waals surface area contributed by atoms with Crippen LogP contribution in [0.25, 0.3) is 0 Å². The van der Waals surface area contributed by atoms with Gasteiger partial charge >= 0.3 is 0 Å². The first kappa shape index (κ1) is 8.01. The van der Waals surface area contributed by atoms with Gasteiger partial charge in [0.15, 0.2) is 0 Å². The van der Waals surface area contributed by atoms with Crippen molar-refractivity contribution in [2.45, 2.75) is 25.0 Å². The van der Waals surface area contributed by atoms with E-state index in [1.165, 1.54) is 0 Å². The molecule has 1 aliphatic heterocycles.